The first-order valence-electron chi connectivity index (χ1n) is 9.94. The second-order valence-electron chi connectivity index (χ2n) is 6.95. The highest BCUT2D eigenvalue weighted by Crippen LogP contribution is 2.21. The van der Waals surface area contributed by atoms with Crippen molar-refractivity contribution in [3.63, 3.8) is 0 Å². The van der Waals surface area contributed by atoms with Gasteiger partial charge in [-0.25, -0.2) is 14.1 Å². The first-order chi connectivity index (χ1) is 15.6. The van der Waals surface area contributed by atoms with Gasteiger partial charge in [-0.05, 0) is 54.6 Å². The molecule has 162 valence electrons. The van der Waals surface area contributed by atoms with Crippen LogP contribution in [-0.4, -0.2) is 33.1 Å². The predicted molar refractivity (Wildman–Crippen MR) is 115 cm³/mol. The molecular formula is C23H20FN5O3. The summed E-state index contributed by atoms with van der Waals surface area (Å²) < 4.78 is 20.3. The molecule has 0 saturated carbocycles. The highest BCUT2D eigenvalue weighted by Gasteiger charge is 2.11. The van der Waals surface area contributed by atoms with Crippen LogP contribution in [-0.2, 0) is 16.0 Å². The molecule has 0 aliphatic carbocycles. The number of aryl methyl sites for hydroxylation is 1. The highest BCUT2D eigenvalue weighted by molar-refractivity contribution is 5.94. The molecule has 2 heterocycles. The van der Waals surface area contributed by atoms with Gasteiger partial charge in [-0.3, -0.25) is 9.59 Å². The number of rotatable bonds is 8. The quantitative estimate of drug-likeness (QED) is 0.444. The van der Waals surface area contributed by atoms with Crippen LogP contribution in [0.4, 0.5) is 10.1 Å². The zero-order valence-electron chi connectivity index (χ0n) is 17.0. The fraction of sp³-hybridized carbons (Fsp3) is 0.130. The average Bonchev–Trinajstić information content (AvgIpc) is 3.50. The van der Waals surface area contributed by atoms with Crippen LogP contribution in [0.25, 0.3) is 17.0 Å². The molecule has 9 heteroatoms. The summed E-state index contributed by atoms with van der Waals surface area (Å²) in [5.74, 6) is -0.0735. The van der Waals surface area contributed by atoms with Gasteiger partial charge in [0.2, 0.25) is 11.8 Å². The van der Waals surface area contributed by atoms with E-state index in [1.165, 1.54) is 18.3 Å². The van der Waals surface area contributed by atoms with E-state index in [2.05, 4.69) is 20.7 Å². The van der Waals surface area contributed by atoms with Gasteiger partial charge in [-0.2, -0.15) is 5.10 Å². The molecule has 32 heavy (non-hydrogen) atoms. The van der Waals surface area contributed by atoms with Crippen molar-refractivity contribution in [2.75, 3.05) is 11.9 Å². The minimum Gasteiger partial charge on any atom is -0.441 e. The molecule has 0 aliphatic rings. The van der Waals surface area contributed by atoms with E-state index in [0.29, 0.717) is 22.9 Å². The Morgan fingerprint density at radius 3 is 2.53 bits per heavy atom. The third-order valence-electron chi connectivity index (χ3n) is 4.61. The van der Waals surface area contributed by atoms with Crippen molar-refractivity contribution < 1.29 is 18.4 Å². The third-order valence-corrected chi connectivity index (χ3v) is 4.61. The third kappa shape index (κ3) is 5.45. The number of oxazole rings is 1. The second kappa shape index (κ2) is 9.69. The van der Waals surface area contributed by atoms with Crippen LogP contribution in [0.2, 0.25) is 0 Å². The summed E-state index contributed by atoms with van der Waals surface area (Å²) in [6, 6.07) is 14.9. The summed E-state index contributed by atoms with van der Waals surface area (Å²) >= 11 is 0. The molecule has 0 fully saturated rings. The molecular weight excluding hydrogens is 413 g/mol. The zero-order valence-corrected chi connectivity index (χ0v) is 17.0. The van der Waals surface area contributed by atoms with Crippen LogP contribution in [0, 0.1) is 5.82 Å². The Kier molecular flexibility index (Phi) is 6.35. The van der Waals surface area contributed by atoms with Gasteiger partial charge in [0.25, 0.3) is 0 Å². The molecule has 0 bridgehead atoms. The van der Waals surface area contributed by atoms with Crippen LogP contribution < -0.4 is 10.6 Å². The molecule has 0 unspecified atom stereocenters. The second-order valence-corrected chi connectivity index (χ2v) is 6.95. The van der Waals surface area contributed by atoms with Crippen molar-refractivity contribution in [3.8, 4) is 17.0 Å². The summed E-state index contributed by atoms with van der Waals surface area (Å²) in [5, 5.41) is 9.45. The fourth-order valence-electron chi connectivity index (χ4n) is 2.99. The number of hydrogen-bond acceptors (Lipinski definition) is 5. The van der Waals surface area contributed by atoms with E-state index in [1.54, 1.807) is 35.1 Å². The van der Waals surface area contributed by atoms with E-state index in [4.69, 9.17) is 4.42 Å². The smallest absolute Gasteiger partial charge is 0.243 e. The predicted octanol–water partition coefficient (Wildman–Crippen LogP) is 3.35. The van der Waals surface area contributed by atoms with Crippen LogP contribution in [0.5, 0.6) is 0 Å². The van der Waals surface area contributed by atoms with E-state index >= 15 is 0 Å². The minimum atomic E-state index is -0.333. The number of nitrogens with one attached hydrogen (secondary N) is 2. The Bertz CT molecular complexity index is 1190. The topological polar surface area (TPSA) is 102 Å². The number of anilines is 1. The molecule has 0 radical (unpaired) electrons. The Hall–Kier alpha value is -4.27. The largest absolute Gasteiger partial charge is 0.441 e. The average molecular weight is 433 g/mol. The Balaban J connectivity index is 1.20. The summed E-state index contributed by atoms with van der Waals surface area (Å²) in [5.41, 5.74) is 2.19. The zero-order chi connectivity index (χ0) is 22.3. The van der Waals surface area contributed by atoms with Crippen molar-refractivity contribution in [1.29, 1.82) is 0 Å². The lowest BCUT2D eigenvalue weighted by molar-refractivity contribution is -0.124. The monoisotopic (exact) mass is 433 g/mol. The van der Waals surface area contributed by atoms with E-state index in [-0.39, 0.29) is 37.0 Å². The minimum absolute atomic E-state index is 0.120. The van der Waals surface area contributed by atoms with Gasteiger partial charge in [0.15, 0.2) is 11.7 Å². The van der Waals surface area contributed by atoms with Crippen LogP contribution in [0.15, 0.2) is 77.6 Å². The van der Waals surface area contributed by atoms with E-state index < -0.39 is 0 Å². The molecule has 0 aliphatic heterocycles. The van der Waals surface area contributed by atoms with Crippen LogP contribution >= 0.6 is 0 Å². The van der Waals surface area contributed by atoms with Gasteiger partial charge >= 0.3 is 0 Å². The lowest BCUT2D eigenvalue weighted by atomic mass is 10.2. The summed E-state index contributed by atoms with van der Waals surface area (Å²) in [6.45, 7) is -0.147. The maximum absolute atomic E-state index is 13.0. The van der Waals surface area contributed by atoms with Crippen LogP contribution in [0.1, 0.15) is 12.3 Å². The summed E-state index contributed by atoms with van der Waals surface area (Å²) in [4.78, 5) is 28.3. The van der Waals surface area contributed by atoms with Crippen molar-refractivity contribution in [3.05, 3.63) is 84.9 Å². The van der Waals surface area contributed by atoms with Gasteiger partial charge in [-0.1, -0.05) is 0 Å². The summed E-state index contributed by atoms with van der Waals surface area (Å²) in [7, 11) is 0. The van der Waals surface area contributed by atoms with Crippen molar-refractivity contribution in [2.45, 2.75) is 12.8 Å². The fourth-order valence-corrected chi connectivity index (χ4v) is 2.99. The van der Waals surface area contributed by atoms with E-state index in [9.17, 15) is 14.0 Å². The standard InChI is InChI=1S/C23H20FN5O3/c24-17-4-2-16(3-5-17)20-14-26-23(32-20)11-10-21(30)25-15-22(31)28-18-6-8-19(9-7-18)29-13-1-12-27-29/h1-9,12-14H,10-11,15H2,(H,25,30)(H,28,31). The number of nitrogens with zero attached hydrogens (tertiary/aromatic N) is 3. The molecule has 0 saturated heterocycles. The van der Waals surface area contributed by atoms with Crippen molar-refractivity contribution in [1.82, 2.24) is 20.1 Å². The molecule has 4 aromatic rings. The van der Waals surface area contributed by atoms with Crippen molar-refractivity contribution >= 4 is 17.5 Å². The number of carbonyl (C=O) groups is 2. The Labute approximate surface area is 183 Å². The number of aromatic nitrogens is 3. The summed E-state index contributed by atoms with van der Waals surface area (Å²) in [6.07, 6.45) is 5.44. The number of benzene rings is 2. The molecule has 2 amide bonds. The lowest BCUT2D eigenvalue weighted by Crippen LogP contribution is -2.32. The Morgan fingerprint density at radius 2 is 1.81 bits per heavy atom. The number of carbonyl (C=O) groups excluding carboxylic acids is 2. The molecule has 2 aromatic heterocycles. The maximum Gasteiger partial charge on any atom is 0.243 e. The first-order valence-corrected chi connectivity index (χ1v) is 9.94. The molecule has 2 N–H and O–H groups in total. The van der Waals surface area contributed by atoms with Gasteiger partial charge in [0, 0.05) is 36.5 Å². The first kappa shape index (κ1) is 21.0. The molecule has 0 atom stereocenters. The number of amides is 2. The SMILES string of the molecule is O=C(CCc1ncc(-c2ccc(F)cc2)o1)NCC(=O)Nc1ccc(-n2cccn2)cc1. The normalized spacial score (nSPS) is 10.7. The molecule has 4 rings (SSSR count). The highest BCUT2D eigenvalue weighted by atomic mass is 19.1. The lowest BCUT2D eigenvalue weighted by Gasteiger charge is -2.08. The molecule has 2 aromatic carbocycles. The molecule has 0 spiro atoms. The van der Waals surface area contributed by atoms with Gasteiger partial charge in [0.05, 0.1) is 18.4 Å². The van der Waals surface area contributed by atoms with Gasteiger partial charge < -0.3 is 15.1 Å². The van der Waals surface area contributed by atoms with Gasteiger partial charge in [0.1, 0.15) is 5.82 Å². The van der Waals surface area contributed by atoms with E-state index in [0.717, 1.165) is 5.69 Å². The number of halogens is 1. The van der Waals surface area contributed by atoms with Gasteiger partial charge in [-0.15, -0.1) is 0 Å². The van der Waals surface area contributed by atoms with E-state index in [1.807, 2.05) is 24.4 Å². The van der Waals surface area contributed by atoms with Crippen LogP contribution in [0.3, 0.4) is 0 Å². The Morgan fingerprint density at radius 1 is 1.03 bits per heavy atom. The van der Waals surface area contributed by atoms with Crippen molar-refractivity contribution in [2.24, 2.45) is 0 Å². The molecule has 8 nitrogen and oxygen atoms in total. The maximum atomic E-state index is 13.0. The number of hydrogen-bond donors (Lipinski definition) is 2.